The molecule has 1 rings (SSSR count). The summed E-state index contributed by atoms with van der Waals surface area (Å²) < 4.78 is 24.7. The van der Waals surface area contributed by atoms with Crippen LogP contribution >= 0.6 is 15.9 Å². The first-order chi connectivity index (χ1) is 7.51. The summed E-state index contributed by atoms with van der Waals surface area (Å²) in [6, 6.07) is 2.85. The van der Waals surface area contributed by atoms with E-state index in [0.717, 1.165) is 0 Å². The monoisotopic (exact) mass is 308 g/mol. The zero-order valence-corrected chi connectivity index (χ0v) is 11.2. The van der Waals surface area contributed by atoms with Gasteiger partial charge >= 0.3 is 0 Å². The molecular formula is C9H13BrN2O3S. The molecule has 1 heterocycles. The van der Waals surface area contributed by atoms with Crippen molar-refractivity contribution in [1.82, 2.24) is 5.32 Å². The third kappa shape index (κ3) is 3.08. The molecule has 0 saturated carbocycles. The molecule has 1 aromatic rings. The second-order valence-corrected chi connectivity index (χ2v) is 6.07. The first kappa shape index (κ1) is 13.2. The Balaban J connectivity index is 2.89. The van der Waals surface area contributed by atoms with E-state index in [1.165, 1.54) is 19.2 Å². The third-order valence-corrected chi connectivity index (χ3v) is 4.22. The lowest BCUT2D eigenvalue weighted by Gasteiger charge is -2.02. The van der Waals surface area contributed by atoms with Crippen molar-refractivity contribution in [1.29, 1.82) is 4.78 Å². The van der Waals surface area contributed by atoms with E-state index in [1.54, 1.807) is 0 Å². The Hall–Kier alpha value is -0.820. The van der Waals surface area contributed by atoms with Gasteiger partial charge in [-0.2, -0.15) is 0 Å². The molecule has 2 N–H and O–H groups in total. The second-order valence-electron chi connectivity index (χ2n) is 3.12. The van der Waals surface area contributed by atoms with Crippen molar-refractivity contribution >= 4 is 31.6 Å². The van der Waals surface area contributed by atoms with E-state index >= 15 is 0 Å². The third-order valence-electron chi connectivity index (χ3n) is 1.92. The average Bonchev–Trinajstić information content (AvgIpc) is 2.75. The standard InChI is InChI=1S/C9H13BrN2O3S/c1-12-9(13)7-3-4-8(15-7)16(11,14)6-2-5-10/h3-4,11H,2,5-6H2,1H3,(H,12,13). The highest BCUT2D eigenvalue weighted by Gasteiger charge is 2.17. The molecule has 0 saturated heterocycles. The fraction of sp³-hybridized carbons (Fsp3) is 0.444. The summed E-state index contributed by atoms with van der Waals surface area (Å²) in [5.41, 5.74) is 0. The van der Waals surface area contributed by atoms with Crippen LogP contribution < -0.4 is 5.32 Å². The van der Waals surface area contributed by atoms with E-state index in [1.807, 2.05) is 0 Å². The maximum absolute atomic E-state index is 11.9. The zero-order chi connectivity index (χ0) is 12.2. The van der Waals surface area contributed by atoms with Gasteiger partial charge in [0.25, 0.3) is 5.91 Å². The fourth-order valence-electron chi connectivity index (χ4n) is 1.10. The van der Waals surface area contributed by atoms with Crippen molar-refractivity contribution in [3.05, 3.63) is 17.9 Å². The lowest BCUT2D eigenvalue weighted by molar-refractivity contribution is 0.0930. The van der Waals surface area contributed by atoms with Gasteiger partial charge in [0.05, 0.1) is 0 Å². The molecule has 0 fully saturated rings. The topological polar surface area (TPSA) is 83.2 Å². The molecular weight excluding hydrogens is 296 g/mol. The summed E-state index contributed by atoms with van der Waals surface area (Å²) in [5.74, 6) is -0.0860. The number of furan rings is 1. The Kier molecular flexibility index (Phi) is 4.55. The lowest BCUT2D eigenvalue weighted by atomic mass is 10.4. The van der Waals surface area contributed by atoms with Gasteiger partial charge in [0.15, 0.2) is 10.9 Å². The summed E-state index contributed by atoms with van der Waals surface area (Å²) in [4.78, 5) is 11.2. The van der Waals surface area contributed by atoms with Crippen LogP contribution in [0.1, 0.15) is 17.0 Å². The molecule has 0 aliphatic carbocycles. The number of hydrogen-bond acceptors (Lipinski definition) is 4. The van der Waals surface area contributed by atoms with Crippen LogP contribution in [-0.4, -0.2) is 28.2 Å². The van der Waals surface area contributed by atoms with Crippen molar-refractivity contribution in [2.45, 2.75) is 11.5 Å². The van der Waals surface area contributed by atoms with Crippen LogP contribution in [0.3, 0.4) is 0 Å². The van der Waals surface area contributed by atoms with Crippen LogP contribution in [-0.2, 0) is 9.73 Å². The molecule has 90 valence electrons. The summed E-state index contributed by atoms with van der Waals surface area (Å²) in [6.45, 7) is 0. The molecule has 1 amide bonds. The minimum Gasteiger partial charge on any atom is -0.441 e. The number of rotatable bonds is 5. The van der Waals surface area contributed by atoms with Crippen molar-refractivity contribution < 1.29 is 13.4 Å². The minimum absolute atomic E-state index is 0.0621. The molecule has 1 aromatic heterocycles. The number of alkyl halides is 1. The van der Waals surface area contributed by atoms with Crippen LogP contribution in [0.5, 0.6) is 0 Å². The Bertz CT molecular complexity index is 467. The van der Waals surface area contributed by atoms with Crippen LogP contribution in [0.25, 0.3) is 0 Å². The molecule has 0 spiro atoms. The van der Waals surface area contributed by atoms with E-state index in [2.05, 4.69) is 21.2 Å². The maximum atomic E-state index is 11.9. The van der Waals surface area contributed by atoms with Gasteiger partial charge < -0.3 is 9.73 Å². The fourth-order valence-corrected chi connectivity index (χ4v) is 3.02. The van der Waals surface area contributed by atoms with Gasteiger partial charge in [-0.05, 0) is 18.6 Å². The number of carbonyl (C=O) groups is 1. The van der Waals surface area contributed by atoms with Crippen molar-refractivity contribution in [2.24, 2.45) is 0 Å². The highest BCUT2D eigenvalue weighted by molar-refractivity contribution is 9.09. The van der Waals surface area contributed by atoms with Gasteiger partial charge in [0.2, 0.25) is 0 Å². The van der Waals surface area contributed by atoms with E-state index < -0.39 is 9.73 Å². The quantitative estimate of drug-likeness (QED) is 0.814. The van der Waals surface area contributed by atoms with Gasteiger partial charge in [0, 0.05) is 18.1 Å². The summed E-state index contributed by atoms with van der Waals surface area (Å²) in [6.07, 6.45) is 0.623. The molecule has 0 radical (unpaired) electrons. The first-order valence-electron chi connectivity index (χ1n) is 4.65. The molecule has 1 atom stereocenters. The summed E-state index contributed by atoms with van der Waals surface area (Å²) >= 11 is 3.21. The molecule has 5 nitrogen and oxygen atoms in total. The number of amides is 1. The average molecular weight is 309 g/mol. The normalized spacial score (nSPS) is 14.4. The Morgan fingerprint density at radius 2 is 2.31 bits per heavy atom. The van der Waals surface area contributed by atoms with Gasteiger partial charge in [0.1, 0.15) is 9.73 Å². The van der Waals surface area contributed by atoms with Gasteiger partial charge in [-0.1, -0.05) is 15.9 Å². The van der Waals surface area contributed by atoms with Crippen molar-refractivity contribution in [3.63, 3.8) is 0 Å². The molecule has 0 bridgehead atoms. The van der Waals surface area contributed by atoms with E-state index in [4.69, 9.17) is 9.20 Å². The maximum Gasteiger partial charge on any atom is 0.286 e. The predicted molar refractivity (Wildman–Crippen MR) is 64.5 cm³/mol. The largest absolute Gasteiger partial charge is 0.441 e. The van der Waals surface area contributed by atoms with E-state index in [0.29, 0.717) is 11.8 Å². The predicted octanol–water partition coefficient (Wildman–Crippen LogP) is 1.83. The minimum atomic E-state index is -2.92. The van der Waals surface area contributed by atoms with Crippen LogP contribution in [0.2, 0.25) is 0 Å². The lowest BCUT2D eigenvalue weighted by Crippen LogP contribution is -2.16. The summed E-state index contributed by atoms with van der Waals surface area (Å²) in [7, 11) is -1.44. The number of carbonyl (C=O) groups excluding carboxylic acids is 1. The highest BCUT2D eigenvalue weighted by Crippen LogP contribution is 2.17. The van der Waals surface area contributed by atoms with Crippen LogP contribution in [0.4, 0.5) is 0 Å². The van der Waals surface area contributed by atoms with Gasteiger partial charge in [-0.3, -0.25) is 4.79 Å². The number of halogens is 1. The van der Waals surface area contributed by atoms with Crippen LogP contribution in [0.15, 0.2) is 21.6 Å². The van der Waals surface area contributed by atoms with Crippen molar-refractivity contribution in [2.75, 3.05) is 18.1 Å². The second kappa shape index (κ2) is 5.49. The van der Waals surface area contributed by atoms with E-state index in [9.17, 15) is 9.00 Å². The van der Waals surface area contributed by atoms with Crippen LogP contribution in [0, 0.1) is 4.78 Å². The Morgan fingerprint density at radius 1 is 1.62 bits per heavy atom. The number of hydrogen-bond donors (Lipinski definition) is 2. The molecule has 1 unspecified atom stereocenters. The highest BCUT2D eigenvalue weighted by atomic mass is 79.9. The molecule has 0 aromatic carbocycles. The molecule has 16 heavy (non-hydrogen) atoms. The smallest absolute Gasteiger partial charge is 0.286 e. The van der Waals surface area contributed by atoms with Gasteiger partial charge in [-0.15, -0.1) is 0 Å². The molecule has 7 heteroatoms. The first-order valence-corrected chi connectivity index (χ1v) is 7.50. The molecule has 0 aliphatic rings. The van der Waals surface area contributed by atoms with E-state index in [-0.39, 0.29) is 22.5 Å². The van der Waals surface area contributed by atoms with Gasteiger partial charge in [-0.25, -0.2) is 8.99 Å². The summed E-state index contributed by atoms with van der Waals surface area (Å²) in [5, 5.41) is 3.14. The Morgan fingerprint density at radius 3 is 2.88 bits per heavy atom. The van der Waals surface area contributed by atoms with Crippen molar-refractivity contribution in [3.8, 4) is 0 Å². The zero-order valence-electron chi connectivity index (χ0n) is 8.79. The number of nitrogens with one attached hydrogen (secondary N) is 2. The SMILES string of the molecule is CNC(=O)c1ccc(S(=N)(=O)CCCBr)o1. The molecule has 0 aliphatic heterocycles. The Labute approximate surface area is 103 Å².